The Balaban J connectivity index is 1.80. The SMILES string of the molecule is COCc1cccc(CNc2ncnc3nc(N)ccc23)c1. The maximum atomic E-state index is 5.68. The molecular formula is C16H17N5O. The minimum absolute atomic E-state index is 0.449. The number of hydrogen-bond acceptors (Lipinski definition) is 6. The molecule has 22 heavy (non-hydrogen) atoms. The molecule has 0 atom stereocenters. The number of pyridine rings is 1. The Hall–Kier alpha value is -2.73. The second-order valence-corrected chi connectivity index (χ2v) is 4.94. The van der Waals surface area contributed by atoms with Crippen molar-refractivity contribution in [2.24, 2.45) is 0 Å². The quantitative estimate of drug-likeness (QED) is 0.751. The van der Waals surface area contributed by atoms with Gasteiger partial charge in [-0.25, -0.2) is 15.0 Å². The number of aromatic nitrogens is 3. The molecule has 0 aliphatic heterocycles. The van der Waals surface area contributed by atoms with Gasteiger partial charge in [-0.05, 0) is 23.3 Å². The second kappa shape index (κ2) is 6.36. The van der Waals surface area contributed by atoms with Gasteiger partial charge in [0.05, 0.1) is 12.0 Å². The van der Waals surface area contributed by atoms with Gasteiger partial charge in [-0.15, -0.1) is 0 Å². The van der Waals surface area contributed by atoms with Gasteiger partial charge in [0.25, 0.3) is 0 Å². The lowest BCUT2D eigenvalue weighted by molar-refractivity contribution is 0.185. The standard InChI is InChI=1S/C16H17N5O/c1-22-9-12-4-2-3-11(7-12)8-18-15-13-5-6-14(17)21-16(13)20-10-19-15/h2-7,10H,8-9H2,1H3,(H3,17,18,19,20,21). The third-order valence-corrected chi connectivity index (χ3v) is 3.28. The van der Waals surface area contributed by atoms with Crippen molar-refractivity contribution >= 4 is 22.7 Å². The number of nitrogens with one attached hydrogen (secondary N) is 1. The Labute approximate surface area is 128 Å². The zero-order valence-corrected chi connectivity index (χ0v) is 12.3. The van der Waals surface area contributed by atoms with Crippen molar-refractivity contribution in [2.75, 3.05) is 18.2 Å². The van der Waals surface area contributed by atoms with Crippen molar-refractivity contribution < 1.29 is 4.74 Å². The molecule has 0 saturated carbocycles. The number of nitrogens with two attached hydrogens (primary N) is 1. The van der Waals surface area contributed by atoms with Gasteiger partial charge < -0.3 is 15.8 Å². The van der Waals surface area contributed by atoms with Crippen molar-refractivity contribution in [3.8, 4) is 0 Å². The fourth-order valence-electron chi connectivity index (χ4n) is 2.28. The molecule has 0 aliphatic carbocycles. The number of nitrogens with zero attached hydrogens (tertiary/aromatic N) is 3. The fraction of sp³-hybridized carbons (Fsp3) is 0.188. The van der Waals surface area contributed by atoms with Crippen LogP contribution in [0.5, 0.6) is 0 Å². The molecule has 3 rings (SSSR count). The first kappa shape index (κ1) is 14.2. The summed E-state index contributed by atoms with van der Waals surface area (Å²) in [6.07, 6.45) is 1.48. The summed E-state index contributed by atoms with van der Waals surface area (Å²) in [6.45, 7) is 1.27. The van der Waals surface area contributed by atoms with Crippen LogP contribution < -0.4 is 11.1 Å². The summed E-state index contributed by atoms with van der Waals surface area (Å²) in [5.74, 6) is 1.19. The Morgan fingerprint density at radius 3 is 2.86 bits per heavy atom. The molecule has 0 radical (unpaired) electrons. The molecule has 0 saturated heterocycles. The molecular weight excluding hydrogens is 278 g/mol. The summed E-state index contributed by atoms with van der Waals surface area (Å²) in [5, 5.41) is 4.17. The first-order valence-electron chi connectivity index (χ1n) is 6.94. The lowest BCUT2D eigenvalue weighted by Crippen LogP contribution is -2.04. The van der Waals surface area contributed by atoms with Crippen LogP contribution in [-0.2, 0) is 17.9 Å². The summed E-state index contributed by atoms with van der Waals surface area (Å²) < 4.78 is 5.15. The zero-order chi connectivity index (χ0) is 15.4. The first-order valence-corrected chi connectivity index (χ1v) is 6.94. The molecule has 2 heterocycles. The monoisotopic (exact) mass is 295 g/mol. The largest absolute Gasteiger partial charge is 0.384 e. The van der Waals surface area contributed by atoms with Crippen LogP contribution in [0.2, 0.25) is 0 Å². The number of fused-ring (bicyclic) bond motifs is 1. The molecule has 6 nitrogen and oxygen atoms in total. The molecule has 2 aromatic heterocycles. The van der Waals surface area contributed by atoms with E-state index < -0.39 is 0 Å². The van der Waals surface area contributed by atoms with Crippen LogP contribution >= 0.6 is 0 Å². The van der Waals surface area contributed by atoms with Gasteiger partial charge in [0, 0.05) is 13.7 Å². The van der Waals surface area contributed by atoms with E-state index in [0.717, 1.165) is 22.3 Å². The van der Waals surface area contributed by atoms with Crippen molar-refractivity contribution in [2.45, 2.75) is 13.2 Å². The predicted molar refractivity (Wildman–Crippen MR) is 86.2 cm³/mol. The molecule has 0 bridgehead atoms. The number of benzene rings is 1. The second-order valence-electron chi connectivity index (χ2n) is 4.94. The van der Waals surface area contributed by atoms with Gasteiger partial charge in [-0.2, -0.15) is 0 Å². The Morgan fingerprint density at radius 1 is 1.14 bits per heavy atom. The van der Waals surface area contributed by atoms with Crippen molar-refractivity contribution in [3.63, 3.8) is 0 Å². The van der Waals surface area contributed by atoms with Crippen LogP contribution in [-0.4, -0.2) is 22.1 Å². The molecule has 112 valence electrons. The third-order valence-electron chi connectivity index (χ3n) is 3.28. The normalized spacial score (nSPS) is 10.8. The topological polar surface area (TPSA) is 86.0 Å². The first-order chi connectivity index (χ1) is 10.8. The summed E-state index contributed by atoms with van der Waals surface area (Å²) >= 11 is 0. The highest BCUT2D eigenvalue weighted by atomic mass is 16.5. The van der Waals surface area contributed by atoms with Gasteiger partial charge in [0.15, 0.2) is 5.65 Å². The Kier molecular flexibility index (Phi) is 4.11. The van der Waals surface area contributed by atoms with Crippen LogP contribution in [0.3, 0.4) is 0 Å². The molecule has 6 heteroatoms. The van der Waals surface area contributed by atoms with E-state index in [-0.39, 0.29) is 0 Å². The van der Waals surface area contributed by atoms with E-state index in [2.05, 4.69) is 32.4 Å². The number of nitrogen functional groups attached to an aromatic ring is 1. The zero-order valence-electron chi connectivity index (χ0n) is 12.3. The molecule has 3 N–H and O–H groups in total. The van der Waals surface area contributed by atoms with E-state index in [0.29, 0.717) is 24.6 Å². The molecule has 0 aliphatic rings. The lowest BCUT2D eigenvalue weighted by atomic mass is 10.1. The lowest BCUT2D eigenvalue weighted by Gasteiger charge is -2.09. The van der Waals surface area contributed by atoms with E-state index >= 15 is 0 Å². The van der Waals surface area contributed by atoms with E-state index in [1.165, 1.54) is 6.33 Å². The molecule has 0 fully saturated rings. The number of rotatable bonds is 5. The van der Waals surface area contributed by atoms with Crippen LogP contribution in [0.1, 0.15) is 11.1 Å². The maximum Gasteiger partial charge on any atom is 0.166 e. The average molecular weight is 295 g/mol. The van der Waals surface area contributed by atoms with Crippen molar-refractivity contribution in [3.05, 3.63) is 53.9 Å². The fourth-order valence-corrected chi connectivity index (χ4v) is 2.28. The Morgan fingerprint density at radius 2 is 2.00 bits per heavy atom. The summed E-state index contributed by atoms with van der Waals surface area (Å²) in [4.78, 5) is 12.6. The highest BCUT2D eigenvalue weighted by Gasteiger charge is 2.05. The highest BCUT2D eigenvalue weighted by molar-refractivity contribution is 5.86. The van der Waals surface area contributed by atoms with Crippen molar-refractivity contribution in [1.29, 1.82) is 0 Å². The number of anilines is 2. The van der Waals surface area contributed by atoms with E-state index in [1.54, 1.807) is 13.2 Å². The third kappa shape index (κ3) is 3.12. The van der Waals surface area contributed by atoms with E-state index in [4.69, 9.17) is 10.5 Å². The molecule has 0 unspecified atom stereocenters. The number of hydrogen-bond donors (Lipinski definition) is 2. The van der Waals surface area contributed by atoms with Crippen LogP contribution in [0.25, 0.3) is 11.0 Å². The maximum absolute atomic E-state index is 5.68. The molecule has 1 aromatic carbocycles. The van der Waals surface area contributed by atoms with Gasteiger partial charge in [0.2, 0.25) is 0 Å². The molecule has 0 amide bonds. The number of ether oxygens (including phenoxy) is 1. The van der Waals surface area contributed by atoms with E-state index in [1.807, 2.05) is 18.2 Å². The minimum Gasteiger partial charge on any atom is -0.384 e. The smallest absolute Gasteiger partial charge is 0.166 e. The van der Waals surface area contributed by atoms with Gasteiger partial charge in [0.1, 0.15) is 18.0 Å². The molecule has 0 spiro atoms. The molecule has 3 aromatic rings. The summed E-state index contributed by atoms with van der Waals surface area (Å²) in [5.41, 5.74) is 8.57. The van der Waals surface area contributed by atoms with E-state index in [9.17, 15) is 0 Å². The van der Waals surface area contributed by atoms with Crippen molar-refractivity contribution in [1.82, 2.24) is 15.0 Å². The summed E-state index contributed by atoms with van der Waals surface area (Å²) in [7, 11) is 1.69. The van der Waals surface area contributed by atoms with Crippen LogP contribution in [0, 0.1) is 0 Å². The van der Waals surface area contributed by atoms with Crippen LogP contribution in [0.4, 0.5) is 11.6 Å². The number of methoxy groups -OCH3 is 1. The predicted octanol–water partition coefficient (Wildman–Crippen LogP) is 2.37. The van der Waals surface area contributed by atoms with Gasteiger partial charge in [-0.3, -0.25) is 0 Å². The minimum atomic E-state index is 0.449. The van der Waals surface area contributed by atoms with Crippen LogP contribution in [0.15, 0.2) is 42.7 Å². The Bertz CT molecular complexity index is 790. The summed E-state index contributed by atoms with van der Waals surface area (Å²) in [6, 6.07) is 11.9. The average Bonchev–Trinajstić information content (AvgIpc) is 2.53. The highest BCUT2D eigenvalue weighted by Crippen LogP contribution is 2.19. The van der Waals surface area contributed by atoms with Gasteiger partial charge in [-0.1, -0.05) is 24.3 Å². The van der Waals surface area contributed by atoms with Gasteiger partial charge >= 0.3 is 0 Å².